The molecule has 1 saturated heterocycles. The average molecular weight is 369 g/mol. The summed E-state index contributed by atoms with van der Waals surface area (Å²) in [5, 5.41) is 0. The van der Waals surface area contributed by atoms with Crippen molar-refractivity contribution in [1.82, 2.24) is 0 Å². The zero-order chi connectivity index (χ0) is 17.6. The molecule has 4 heteroatoms. The molecule has 2 fully saturated rings. The number of alkyl halides is 1. The first-order chi connectivity index (χ1) is 12.2. The van der Waals surface area contributed by atoms with Crippen LogP contribution in [0.4, 0.5) is 13.2 Å². The van der Waals surface area contributed by atoms with Crippen molar-refractivity contribution in [3.63, 3.8) is 0 Å². The minimum atomic E-state index is -0.745. The van der Waals surface area contributed by atoms with Gasteiger partial charge in [0.1, 0.15) is 0 Å². The van der Waals surface area contributed by atoms with Crippen LogP contribution in [-0.4, -0.2) is 15.5 Å². The minimum absolute atomic E-state index is 0.148. The summed E-state index contributed by atoms with van der Waals surface area (Å²) in [6.45, 7) is -0.148. The van der Waals surface area contributed by atoms with Crippen LogP contribution in [0.1, 0.15) is 62.8 Å². The fourth-order valence-electron chi connectivity index (χ4n) is 5.17. The molecule has 0 atom stereocenters. The lowest BCUT2D eigenvalue weighted by Crippen LogP contribution is -2.28. The van der Waals surface area contributed by atoms with Gasteiger partial charge in [0.15, 0.2) is 11.6 Å². The lowest BCUT2D eigenvalue weighted by atomic mass is 9.72. The Kier molecular flexibility index (Phi) is 7.03. The smallest absolute Gasteiger partial charge is 0.159 e. The van der Waals surface area contributed by atoms with Gasteiger partial charge in [0.05, 0.1) is 6.67 Å². The maximum absolute atomic E-state index is 13.5. The summed E-state index contributed by atoms with van der Waals surface area (Å²) in [6, 6.07) is 8.69. The largest absolute Gasteiger partial charge is 0.251 e. The molecule has 0 radical (unpaired) electrons. The average Bonchev–Trinajstić information content (AvgIpc) is 2.65. The summed E-state index contributed by atoms with van der Waals surface area (Å²) in [6.07, 6.45) is 9.37. The van der Waals surface area contributed by atoms with Crippen molar-refractivity contribution in [3.05, 3.63) is 35.4 Å². The number of benzene rings is 1. The van der Waals surface area contributed by atoms with Gasteiger partial charge in [0.2, 0.25) is 0 Å². The zero-order valence-electron chi connectivity index (χ0n) is 15.2. The van der Waals surface area contributed by atoms with Gasteiger partial charge in [-0.1, -0.05) is 43.5 Å². The van der Waals surface area contributed by atoms with Crippen molar-refractivity contribution < 1.29 is 13.2 Å². The highest BCUT2D eigenvalue weighted by molar-refractivity contribution is 6.58. The van der Waals surface area contributed by atoms with Crippen LogP contribution in [0.3, 0.4) is 0 Å². The molecule has 140 valence electrons. The molecule has 1 aromatic carbocycles. The number of hydrogen-bond donors (Lipinski definition) is 0. The van der Waals surface area contributed by atoms with Gasteiger partial charge in [0.25, 0.3) is 0 Å². The number of hydrogen-bond acceptors (Lipinski definition) is 0. The maximum Gasteiger partial charge on any atom is 0.159 e. The maximum atomic E-state index is 13.5. The summed E-state index contributed by atoms with van der Waals surface area (Å²) in [4.78, 5) is 0. The first kappa shape index (κ1) is 19.0. The molecule has 0 nitrogen and oxygen atoms in total. The molecule has 1 aromatic rings. The Balaban J connectivity index is 1.43. The molecule has 1 saturated carbocycles. The normalized spacial score (nSPS) is 30.4. The van der Waals surface area contributed by atoms with Crippen molar-refractivity contribution in [2.75, 3.05) is 6.67 Å². The second-order valence-corrected chi connectivity index (χ2v) is 11.7. The quantitative estimate of drug-likeness (QED) is 0.391. The van der Waals surface area contributed by atoms with Crippen LogP contribution in [0.5, 0.6) is 0 Å². The molecule has 1 aliphatic carbocycles. The van der Waals surface area contributed by atoms with Crippen LogP contribution in [0.25, 0.3) is 0 Å². The van der Waals surface area contributed by atoms with Crippen molar-refractivity contribution in [3.8, 4) is 0 Å². The Morgan fingerprint density at radius 2 is 1.52 bits per heavy atom. The molecular formula is C21H31F3Si. The number of unbranched alkanes of at least 4 members (excludes halogenated alkanes) is 1. The van der Waals surface area contributed by atoms with E-state index in [0.717, 1.165) is 43.1 Å². The van der Waals surface area contributed by atoms with E-state index in [-0.39, 0.29) is 6.67 Å². The Morgan fingerprint density at radius 1 is 0.840 bits per heavy atom. The second kappa shape index (κ2) is 9.25. The molecular weight excluding hydrogens is 337 g/mol. The van der Waals surface area contributed by atoms with Gasteiger partial charge in [-0.3, -0.25) is 4.39 Å². The highest BCUT2D eigenvalue weighted by atomic mass is 28.3. The molecule has 0 aromatic heterocycles. The molecule has 0 amide bonds. The lowest BCUT2D eigenvalue weighted by molar-refractivity contribution is 0.216. The van der Waals surface area contributed by atoms with Gasteiger partial charge in [-0.2, -0.15) is 0 Å². The summed E-state index contributed by atoms with van der Waals surface area (Å²) < 4.78 is 38.8. The molecule has 1 heterocycles. The molecule has 2 aliphatic rings. The summed E-state index contributed by atoms with van der Waals surface area (Å²) in [7, 11) is -0.566. The Hall–Kier alpha value is -0.773. The van der Waals surface area contributed by atoms with E-state index >= 15 is 0 Å². The molecule has 3 rings (SSSR count). The van der Waals surface area contributed by atoms with Crippen LogP contribution in [0.15, 0.2) is 18.2 Å². The Morgan fingerprint density at radius 3 is 2.16 bits per heavy atom. The van der Waals surface area contributed by atoms with E-state index in [9.17, 15) is 13.2 Å². The van der Waals surface area contributed by atoms with Crippen molar-refractivity contribution in [2.45, 2.75) is 75.4 Å². The predicted molar refractivity (Wildman–Crippen MR) is 101 cm³/mol. The van der Waals surface area contributed by atoms with Crippen LogP contribution < -0.4 is 0 Å². The molecule has 0 unspecified atom stereocenters. The molecule has 1 aliphatic heterocycles. The van der Waals surface area contributed by atoms with E-state index in [1.165, 1.54) is 55.9 Å². The van der Waals surface area contributed by atoms with E-state index < -0.39 is 20.4 Å². The molecule has 0 N–H and O–H groups in total. The van der Waals surface area contributed by atoms with Crippen molar-refractivity contribution in [1.29, 1.82) is 0 Å². The van der Waals surface area contributed by atoms with Crippen molar-refractivity contribution in [2.24, 2.45) is 11.8 Å². The monoisotopic (exact) mass is 368 g/mol. The molecule has 25 heavy (non-hydrogen) atoms. The van der Waals surface area contributed by atoms with Crippen LogP contribution in [0.2, 0.25) is 18.1 Å². The third-order valence-electron chi connectivity index (χ3n) is 6.74. The van der Waals surface area contributed by atoms with Crippen LogP contribution in [0, 0.1) is 23.5 Å². The van der Waals surface area contributed by atoms with Gasteiger partial charge in [-0.15, -0.1) is 0 Å². The third-order valence-corrected chi connectivity index (χ3v) is 10.3. The Labute approximate surface area is 151 Å². The van der Waals surface area contributed by atoms with Crippen molar-refractivity contribution >= 4 is 8.80 Å². The first-order valence-corrected chi connectivity index (χ1v) is 12.6. The Bertz CT molecular complexity index is 532. The minimum Gasteiger partial charge on any atom is -0.251 e. The highest BCUT2D eigenvalue weighted by Gasteiger charge is 2.31. The fraction of sp³-hybridized carbons (Fsp3) is 0.714. The van der Waals surface area contributed by atoms with E-state index in [4.69, 9.17) is 0 Å². The van der Waals surface area contributed by atoms with Crippen LogP contribution in [-0.2, 0) is 0 Å². The third kappa shape index (κ3) is 5.12. The van der Waals surface area contributed by atoms with E-state index in [2.05, 4.69) is 0 Å². The SMILES string of the molecule is FCCCC[SiH]1CCC(C2CCC(c3ccc(F)c(F)c3)CC2)CC1. The van der Waals surface area contributed by atoms with Crippen LogP contribution >= 0.6 is 0 Å². The fourth-order valence-corrected chi connectivity index (χ4v) is 8.70. The van der Waals surface area contributed by atoms with Gasteiger partial charge < -0.3 is 0 Å². The molecule has 0 spiro atoms. The number of rotatable bonds is 6. The van der Waals surface area contributed by atoms with Gasteiger partial charge in [0, 0.05) is 8.80 Å². The summed E-state index contributed by atoms with van der Waals surface area (Å²) >= 11 is 0. The second-order valence-electron chi connectivity index (χ2n) is 8.25. The van der Waals surface area contributed by atoms with Gasteiger partial charge >= 0.3 is 0 Å². The molecule has 0 bridgehead atoms. The number of halogens is 3. The summed E-state index contributed by atoms with van der Waals surface area (Å²) in [5.41, 5.74) is 0.973. The predicted octanol–water partition coefficient (Wildman–Crippen LogP) is 6.63. The highest BCUT2D eigenvalue weighted by Crippen LogP contribution is 2.43. The van der Waals surface area contributed by atoms with Gasteiger partial charge in [-0.25, -0.2) is 8.78 Å². The van der Waals surface area contributed by atoms with E-state index in [0.29, 0.717) is 5.92 Å². The zero-order valence-corrected chi connectivity index (χ0v) is 16.3. The van der Waals surface area contributed by atoms with E-state index in [1.807, 2.05) is 0 Å². The summed E-state index contributed by atoms with van der Waals surface area (Å²) in [5.74, 6) is 0.663. The van der Waals surface area contributed by atoms with E-state index in [1.54, 1.807) is 6.07 Å². The first-order valence-electron chi connectivity index (χ1n) is 10.2. The van der Waals surface area contributed by atoms with Gasteiger partial charge in [-0.05, 0) is 67.6 Å². The topological polar surface area (TPSA) is 0 Å². The standard InChI is InChI=1S/C21H31F3Si/c22-11-1-2-12-25-13-9-18(10-14-25)16-3-5-17(6-4-16)19-7-8-20(23)21(24)15-19/h7-8,15-18,25H,1-6,9-14H2. The lowest BCUT2D eigenvalue weighted by Gasteiger charge is -2.37.